The van der Waals surface area contributed by atoms with Crippen LogP contribution in [0.25, 0.3) is 0 Å². The van der Waals surface area contributed by atoms with Gasteiger partial charge in [-0.2, -0.15) is 0 Å². The van der Waals surface area contributed by atoms with Crippen LogP contribution < -0.4 is 5.32 Å². The molecule has 0 amide bonds. The third kappa shape index (κ3) is 4.70. The molecule has 0 aliphatic rings. The van der Waals surface area contributed by atoms with Gasteiger partial charge >= 0.3 is 0 Å². The Labute approximate surface area is 107 Å². The molecule has 0 spiro atoms. The van der Waals surface area contributed by atoms with Crippen molar-refractivity contribution >= 4 is 0 Å². The van der Waals surface area contributed by atoms with Gasteiger partial charge in [0.05, 0.1) is 0 Å². The van der Waals surface area contributed by atoms with Gasteiger partial charge in [-0.25, -0.2) is 8.78 Å². The first-order chi connectivity index (χ1) is 8.66. The first-order valence-corrected chi connectivity index (χ1v) is 6.45. The summed E-state index contributed by atoms with van der Waals surface area (Å²) in [5.74, 6) is -1.01. The van der Waals surface area contributed by atoms with Crippen LogP contribution in [0.1, 0.15) is 44.2 Å². The maximum absolute atomic E-state index is 13.5. The second-order valence-electron chi connectivity index (χ2n) is 4.45. The second kappa shape index (κ2) is 8.16. The number of aliphatic hydroxyl groups is 1. The lowest BCUT2D eigenvalue weighted by Crippen LogP contribution is -2.21. The van der Waals surface area contributed by atoms with E-state index >= 15 is 0 Å². The van der Waals surface area contributed by atoms with E-state index in [1.54, 1.807) is 6.92 Å². The number of rotatable bonds is 8. The Morgan fingerprint density at radius 3 is 2.33 bits per heavy atom. The Balaban J connectivity index is 2.34. The molecule has 0 saturated heterocycles. The van der Waals surface area contributed by atoms with Crippen LogP contribution in [0, 0.1) is 11.6 Å². The number of hydrogen-bond acceptors (Lipinski definition) is 2. The molecule has 1 unspecified atom stereocenters. The molecule has 1 atom stereocenters. The normalized spacial score (nSPS) is 12.7. The zero-order chi connectivity index (χ0) is 13.4. The Morgan fingerprint density at radius 1 is 1.11 bits per heavy atom. The zero-order valence-electron chi connectivity index (χ0n) is 10.8. The van der Waals surface area contributed by atoms with Crippen LogP contribution in [0.4, 0.5) is 8.78 Å². The van der Waals surface area contributed by atoms with E-state index in [0.717, 1.165) is 32.2 Å². The van der Waals surface area contributed by atoms with Gasteiger partial charge in [0.15, 0.2) is 0 Å². The fourth-order valence-electron chi connectivity index (χ4n) is 1.94. The Morgan fingerprint density at radius 2 is 1.72 bits per heavy atom. The number of aliphatic hydroxyl groups excluding tert-OH is 1. The molecular formula is C14H21F2NO. The topological polar surface area (TPSA) is 32.3 Å². The van der Waals surface area contributed by atoms with E-state index < -0.39 is 11.6 Å². The molecule has 0 bridgehead atoms. The van der Waals surface area contributed by atoms with E-state index in [9.17, 15) is 8.78 Å². The molecule has 0 fully saturated rings. The molecule has 4 heteroatoms. The highest BCUT2D eigenvalue weighted by molar-refractivity contribution is 5.22. The van der Waals surface area contributed by atoms with Gasteiger partial charge in [0.1, 0.15) is 11.6 Å². The lowest BCUT2D eigenvalue weighted by atomic mass is 10.1. The highest BCUT2D eigenvalue weighted by atomic mass is 19.1. The van der Waals surface area contributed by atoms with Gasteiger partial charge in [-0.05, 0) is 38.4 Å². The van der Waals surface area contributed by atoms with E-state index in [0.29, 0.717) is 0 Å². The smallest absolute Gasteiger partial charge is 0.130 e. The summed E-state index contributed by atoms with van der Waals surface area (Å²) in [6.07, 6.45) is 3.76. The third-order valence-corrected chi connectivity index (χ3v) is 2.97. The summed E-state index contributed by atoms with van der Waals surface area (Å²) in [7, 11) is 0. The van der Waals surface area contributed by atoms with Crippen molar-refractivity contribution in [3.05, 3.63) is 35.4 Å². The minimum absolute atomic E-state index is 0.104. The minimum Gasteiger partial charge on any atom is -0.396 e. The SMILES string of the molecule is CC(NCCCCCCO)c1c(F)cccc1F. The molecule has 1 aromatic carbocycles. The van der Waals surface area contributed by atoms with Gasteiger partial charge in [-0.15, -0.1) is 0 Å². The lowest BCUT2D eigenvalue weighted by molar-refractivity contribution is 0.282. The molecule has 0 radical (unpaired) electrons. The number of halogens is 2. The first kappa shape index (κ1) is 15.1. The predicted octanol–water partition coefficient (Wildman–Crippen LogP) is 3.17. The van der Waals surface area contributed by atoms with Crippen molar-refractivity contribution in [1.29, 1.82) is 0 Å². The van der Waals surface area contributed by atoms with Crippen LogP contribution in [0.5, 0.6) is 0 Å². The van der Waals surface area contributed by atoms with E-state index in [4.69, 9.17) is 5.11 Å². The maximum Gasteiger partial charge on any atom is 0.130 e. The van der Waals surface area contributed by atoms with E-state index in [-0.39, 0.29) is 18.2 Å². The fourth-order valence-corrected chi connectivity index (χ4v) is 1.94. The number of unbranched alkanes of at least 4 members (excludes halogenated alkanes) is 3. The summed E-state index contributed by atoms with van der Waals surface area (Å²) >= 11 is 0. The number of hydrogen-bond donors (Lipinski definition) is 2. The van der Waals surface area contributed by atoms with Crippen LogP contribution in [-0.2, 0) is 0 Å². The van der Waals surface area contributed by atoms with Gasteiger partial charge in [0.25, 0.3) is 0 Å². The van der Waals surface area contributed by atoms with Gasteiger partial charge in [-0.1, -0.05) is 18.9 Å². The van der Waals surface area contributed by atoms with Crippen LogP contribution in [0.2, 0.25) is 0 Å². The summed E-state index contributed by atoms with van der Waals surface area (Å²) in [6, 6.07) is 3.59. The molecule has 0 aromatic heterocycles. The van der Waals surface area contributed by atoms with Crippen molar-refractivity contribution in [3.63, 3.8) is 0 Å². The lowest BCUT2D eigenvalue weighted by Gasteiger charge is -2.15. The average molecular weight is 257 g/mol. The highest BCUT2D eigenvalue weighted by Crippen LogP contribution is 2.20. The van der Waals surface area contributed by atoms with E-state index in [2.05, 4.69) is 5.32 Å². The van der Waals surface area contributed by atoms with Crippen molar-refractivity contribution < 1.29 is 13.9 Å². The quantitative estimate of drug-likeness (QED) is 0.701. The molecule has 102 valence electrons. The maximum atomic E-state index is 13.5. The van der Waals surface area contributed by atoms with Gasteiger partial charge in [0.2, 0.25) is 0 Å². The third-order valence-electron chi connectivity index (χ3n) is 2.97. The molecule has 1 rings (SSSR count). The van der Waals surface area contributed by atoms with E-state index in [1.165, 1.54) is 18.2 Å². The summed E-state index contributed by atoms with van der Waals surface area (Å²) in [6.45, 7) is 2.71. The highest BCUT2D eigenvalue weighted by Gasteiger charge is 2.14. The van der Waals surface area contributed by atoms with Gasteiger partial charge in [-0.3, -0.25) is 0 Å². The number of benzene rings is 1. The molecule has 0 saturated carbocycles. The fraction of sp³-hybridized carbons (Fsp3) is 0.571. The molecule has 0 aliphatic heterocycles. The largest absolute Gasteiger partial charge is 0.396 e. The summed E-state index contributed by atoms with van der Waals surface area (Å²) in [4.78, 5) is 0. The molecule has 2 N–H and O–H groups in total. The van der Waals surface area contributed by atoms with Crippen molar-refractivity contribution in [3.8, 4) is 0 Å². The predicted molar refractivity (Wildman–Crippen MR) is 68.3 cm³/mol. The molecule has 0 aliphatic carbocycles. The van der Waals surface area contributed by atoms with Gasteiger partial charge in [0, 0.05) is 18.2 Å². The van der Waals surface area contributed by atoms with Crippen molar-refractivity contribution in [2.45, 2.75) is 38.6 Å². The second-order valence-corrected chi connectivity index (χ2v) is 4.45. The summed E-state index contributed by atoms with van der Waals surface area (Å²) in [5.41, 5.74) is 0.104. The molecule has 0 heterocycles. The molecule has 1 aromatic rings. The Kier molecular flexibility index (Phi) is 6.83. The standard InChI is InChI=1S/C14H21F2NO/c1-11(17-9-4-2-3-5-10-18)14-12(15)7-6-8-13(14)16/h6-8,11,17-18H,2-5,9-10H2,1H3. The molecular weight excluding hydrogens is 236 g/mol. The van der Waals surface area contributed by atoms with Crippen LogP contribution in [-0.4, -0.2) is 18.3 Å². The summed E-state index contributed by atoms with van der Waals surface area (Å²) in [5, 5.41) is 11.7. The number of nitrogens with one attached hydrogen (secondary N) is 1. The van der Waals surface area contributed by atoms with Gasteiger partial charge < -0.3 is 10.4 Å². The van der Waals surface area contributed by atoms with E-state index in [1.807, 2.05) is 0 Å². The van der Waals surface area contributed by atoms with Crippen molar-refractivity contribution in [1.82, 2.24) is 5.32 Å². The van der Waals surface area contributed by atoms with Crippen LogP contribution in [0.3, 0.4) is 0 Å². The molecule has 18 heavy (non-hydrogen) atoms. The van der Waals surface area contributed by atoms with Crippen LogP contribution in [0.15, 0.2) is 18.2 Å². The summed E-state index contributed by atoms with van der Waals surface area (Å²) < 4.78 is 26.9. The monoisotopic (exact) mass is 257 g/mol. The first-order valence-electron chi connectivity index (χ1n) is 6.45. The average Bonchev–Trinajstić information content (AvgIpc) is 2.33. The Hall–Kier alpha value is -1.00. The Bertz CT molecular complexity index is 337. The van der Waals surface area contributed by atoms with Crippen molar-refractivity contribution in [2.24, 2.45) is 0 Å². The zero-order valence-corrected chi connectivity index (χ0v) is 10.8. The minimum atomic E-state index is -0.504. The van der Waals surface area contributed by atoms with Crippen LogP contribution >= 0.6 is 0 Å². The molecule has 2 nitrogen and oxygen atoms in total. The van der Waals surface area contributed by atoms with Crippen molar-refractivity contribution in [2.75, 3.05) is 13.2 Å².